The molecular formula is C22H31ClN2O3. The van der Waals surface area contributed by atoms with Gasteiger partial charge in [0.15, 0.2) is 0 Å². The van der Waals surface area contributed by atoms with E-state index in [1.165, 1.54) is 38.5 Å². The maximum Gasteiger partial charge on any atom is 0.255 e. The Labute approximate surface area is 173 Å². The van der Waals surface area contributed by atoms with Crippen LogP contribution in [-0.2, 0) is 0 Å². The molecule has 1 fully saturated rings. The summed E-state index contributed by atoms with van der Waals surface area (Å²) < 4.78 is 11.0. The maximum atomic E-state index is 12.7. The first-order valence-corrected chi connectivity index (χ1v) is 9.90. The number of nitrogens with one attached hydrogen (secondary N) is 2. The molecule has 0 unspecified atom stereocenters. The second kappa shape index (κ2) is 11.1. The Hall–Kier alpha value is -1.98. The fourth-order valence-electron chi connectivity index (χ4n) is 3.91. The standard InChI is InChI=1S/C22H30N2O3.ClH/c1-26-20-11-7-10-18-17(20)12-13-19(21(18)27-2)22(25)24-15-14-23-16-8-5-3-4-6-9-16;/h7,10-13,16,23H,3-6,8-9,14-15H2,1-2H3,(H,24,25);1H. The first-order valence-electron chi connectivity index (χ1n) is 9.90. The summed E-state index contributed by atoms with van der Waals surface area (Å²) in [6.07, 6.45) is 7.80. The van der Waals surface area contributed by atoms with Crippen molar-refractivity contribution in [3.05, 3.63) is 35.9 Å². The zero-order valence-corrected chi connectivity index (χ0v) is 17.6. The number of ether oxygens (including phenoxy) is 2. The lowest BCUT2D eigenvalue weighted by Crippen LogP contribution is -2.37. The number of halogens is 1. The molecule has 0 radical (unpaired) electrons. The molecule has 0 bridgehead atoms. The number of rotatable bonds is 7. The highest BCUT2D eigenvalue weighted by molar-refractivity contribution is 6.05. The van der Waals surface area contributed by atoms with Crippen molar-refractivity contribution in [2.75, 3.05) is 27.3 Å². The van der Waals surface area contributed by atoms with Gasteiger partial charge in [-0.3, -0.25) is 4.79 Å². The predicted octanol–water partition coefficient (Wildman–Crippen LogP) is 4.32. The Morgan fingerprint density at radius 2 is 1.71 bits per heavy atom. The number of hydrogen-bond acceptors (Lipinski definition) is 4. The minimum Gasteiger partial charge on any atom is -0.496 e. The molecule has 1 aliphatic carbocycles. The Kier molecular flexibility index (Phi) is 8.87. The van der Waals surface area contributed by atoms with Gasteiger partial charge in [-0.1, -0.05) is 37.8 Å². The lowest BCUT2D eigenvalue weighted by atomic mass is 10.0. The van der Waals surface area contributed by atoms with Gasteiger partial charge in [0, 0.05) is 29.9 Å². The number of hydrogen-bond donors (Lipinski definition) is 2. The molecule has 3 rings (SSSR count). The molecule has 0 atom stereocenters. The number of fused-ring (bicyclic) bond motifs is 1. The molecule has 2 aromatic carbocycles. The smallest absolute Gasteiger partial charge is 0.255 e. The first-order chi connectivity index (χ1) is 13.2. The van der Waals surface area contributed by atoms with Crippen molar-refractivity contribution < 1.29 is 14.3 Å². The van der Waals surface area contributed by atoms with Crippen LogP contribution >= 0.6 is 12.4 Å². The van der Waals surface area contributed by atoms with Gasteiger partial charge in [-0.25, -0.2) is 0 Å². The highest BCUT2D eigenvalue weighted by Gasteiger charge is 2.17. The highest BCUT2D eigenvalue weighted by atomic mass is 35.5. The number of carbonyl (C=O) groups is 1. The molecule has 0 spiro atoms. The van der Waals surface area contributed by atoms with Gasteiger partial charge in [0.05, 0.1) is 19.8 Å². The lowest BCUT2D eigenvalue weighted by Gasteiger charge is -2.17. The van der Waals surface area contributed by atoms with Gasteiger partial charge in [-0.2, -0.15) is 0 Å². The van der Waals surface area contributed by atoms with Gasteiger partial charge < -0.3 is 20.1 Å². The zero-order valence-electron chi connectivity index (χ0n) is 16.8. The van der Waals surface area contributed by atoms with E-state index >= 15 is 0 Å². The van der Waals surface area contributed by atoms with Gasteiger partial charge in [-0.15, -0.1) is 12.4 Å². The third-order valence-electron chi connectivity index (χ3n) is 5.34. The molecule has 0 aliphatic heterocycles. The largest absolute Gasteiger partial charge is 0.496 e. The Morgan fingerprint density at radius 1 is 0.964 bits per heavy atom. The fraction of sp³-hybridized carbons (Fsp3) is 0.500. The van der Waals surface area contributed by atoms with Crippen LogP contribution in [0.1, 0.15) is 48.9 Å². The maximum absolute atomic E-state index is 12.7. The highest BCUT2D eigenvalue weighted by Crippen LogP contribution is 2.34. The monoisotopic (exact) mass is 406 g/mol. The van der Waals surface area contributed by atoms with Crippen LogP contribution in [0.3, 0.4) is 0 Å². The Morgan fingerprint density at radius 3 is 2.39 bits per heavy atom. The topological polar surface area (TPSA) is 59.6 Å². The Balaban J connectivity index is 0.00000280. The van der Waals surface area contributed by atoms with Gasteiger partial charge >= 0.3 is 0 Å². The van der Waals surface area contributed by atoms with Gasteiger partial charge in [0.1, 0.15) is 11.5 Å². The van der Waals surface area contributed by atoms with Gasteiger partial charge in [-0.05, 0) is 31.0 Å². The van der Waals surface area contributed by atoms with Gasteiger partial charge in [0.25, 0.3) is 5.91 Å². The molecule has 1 amide bonds. The molecular weight excluding hydrogens is 376 g/mol. The second-order valence-electron chi connectivity index (χ2n) is 7.10. The summed E-state index contributed by atoms with van der Waals surface area (Å²) in [5, 5.41) is 8.40. The fourth-order valence-corrected chi connectivity index (χ4v) is 3.91. The summed E-state index contributed by atoms with van der Waals surface area (Å²) in [4.78, 5) is 12.7. The molecule has 1 saturated carbocycles. The van der Waals surface area contributed by atoms with Crippen LogP contribution in [0.4, 0.5) is 0 Å². The van der Waals surface area contributed by atoms with E-state index in [4.69, 9.17) is 9.47 Å². The first kappa shape index (κ1) is 22.3. The number of amides is 1. The van der Waals surface area contributed by atoms with Crippen LogP contribution in [0.5, 0.6) is 11.5 Å². The third kappa shape index (κ3) is 5.30. The van der Waals surface area contributed by atoms with Crippen LogP contribution in [0.25, 0.3) is 10.8 Å². The molecule has 0 aromatic heterocycles. The van der Waals surface area contributed by atoms with Crippen molar-refractivity contribution in [2.24, 2.45) is 0 Å². The van der Waals surface area contributed by atoms with E-state index in [-0.39, 0.29) is 18.3 Å². The average molecular weight is 407 g/mol. The summed E-state index contributed by atoms with van der Waals surface area (Å²) in [7, 11) is 3.24. The summed E-state index contributed by atoms with van der Waals surface area (Å²) in [6, 6.07) is 10.1. The number of benzene rings is 2. The summed E-state index contributed by atoms with van der Waals surface area (Å²) in [5.41, 5.74) is 0.549. The molecule has 0 heterocycles. The second-order valence-corrected chi connectivity index (χ2v) is 7.10. The minimum absolute atomic E-state index is 0. The molecule has 1 aliphatic rings. The van der Waals surface area contributed by atoms with Crippen LogP contribution in [-0.4, -0.2) is 39.3 Å². The molecule has 5 nitrogen and oxygen atoms in total. The van der Waals surface area contributed by atoms with Crippen LogP contribution in [0.15, 0.2) is 30.3 Å². The van der Waals surface area contributed by atoms with Crippen LogP contribution in [0, 0.1) is 0 Å². The SMILES string of the molecule is COc1cccc2c(OC)c(C(=O)NCCNC3CCCCCC3)ccc12.Cl. The number of carbonyl (C=O) groups excluding carboxylic acids is 1. The van der Waals surface area contributed by atoms with Crippen LogP contribution < -0.4 is 20.1 Å². The summed E-state index contributed by atoms with van der Waals surface area (Å²) in [5.74, 6) is 1.24. The molecule has 28 heavy (non-hydrogen) atoms. The van der Waals surface area contributed by atoms with E-state index in [2.05, 4.69) is 10.6 Å². The average Bonchev–Trinajstić information content (AvgIpc) is 2.98. The third-order valence-corrected chi connectivity index (χ3v) is 5.34. The zero-order chi connectivity index (χ0) is 19.1. The summed E-state index contributed by atoms with van der Waals surface area (Å²) in [6.45, 7) is 1.40. The van der Waals surface area contributed by atoms with E-state index in [9.17, 15) is 4.79 Å². The molecule has 2 aromatic rings. The number of methoxy groups -OCH3 is 2. The molecule has 2 N–H and O–H groups in total. The van der Waals surface area contributed by atoms with E-state index in [1.807, 2.05) is 24.3 Å². The van der Waals surface area contributed by atoms with E-state index < -0.39 is 0 Å². The Bertz CT molecular complexity index is 774. The predicted molar refractivity (Wildman–Crippen MR) is 116 cm³/mol. The van der Waals surface area contributed by atoms with E-state index in [1.54, 1.807) is 20.3 Å². The minimum atomic E-state index is -0.112. The van der Waals surface area contributed by atoms with Crippen molar-refractivity contribution >= 4 is 29.1 Å². The van der Waals surface area contributed by atoms with E-state index in [0.29, 0.717) is 23.9 Å². The quantitative estimate of drug-likeness (QED) is 0.531. The van der Waals surface area contributed by atoms with Crippen molar-refractivity contribution in [3.63, 3.8) is 0 Å². The molecule has 0 saturated heterocycles. The summed E-state index contributed by atoms with van der Waals surface area (Å²) >= 11 is 0. The molecule has 6 heteroatoms. The lowest BCUT2D eigenvalue weighted by molar-refractivity contribution is 0.0950. The van der Waals surface area contributed by atoms with Crippen LogP contribution in [0.2, 0.25) is 0 Å². The normalized spacial score (nSPS) is 14.8. The van der Waals surface area contributed by atoms with E-state index in [0.717, 1.165) is 23.1 Å². The van der Waals surface area contributed by atoms with Crippen molar-refractivity contribution in [1.29, 1.82) is 0 Å². The molecule has 154 valence electrons. The van der Waals surface area contributed by atoms with Gasteiger partial charge in [0.2, 0.25) is 0 Å². The van der Waals surface area contributed by atoms with Crippen molar-refractivity contribution in [3.8, 4) is 11.5 Å². The van der Waals surface area contributed by atoms with Crippen molar-refractivity contribution in [1.82, 2.24) is 10.6 Å². The van der Waals surface area contributed by atoms with Crippen molar-refractivity contribution in [2.45, 2.75) is 44.6 Å².